The van der Waals surface area contributed by atoms with Crippen LogP contribution in [0.25, 0.3) is 0 Å². The van der Waals surface area contributed by atoms with Crippen molar-refractivity contribution in [1.29, 1.82) is 0 Å². The van der Waals surface area contributed by atoms with Gasteiger partial charge in [0.05, 0.1) is 5.56 Å². The summed E-state index contributed by atoms with van der Waals surface area (Å²) in [4.78, 5) is 18.7. The number of benzene rings is 1. The summed E-state index contributed by atoms with van der Waals surface area (Å²) in [5, 5.41) is 2.90. The van der Waals surface area contributed by atoms with Crippen molar-refractivity contribution < 1.29 is 4.79 Å². The van der Waals surface area contributed by atoms with Gasteiger partial charge in [-0.15, -0.1) is 0 Å². The number of anilines is 2. The third-order valence-electron chi connectivity index (χ3n) is 3.54. The van der Waals surface area contributed by atoms with Crippen molar-refractivity contribution >= 4 is 40.0 Å². The molecule has 23 heavy (non-hydrogen) atoms. The van der Waals surface area contributed by atoms with E-state index < -0.39 is 0 Å². The first-order valence-electron chi connectivity index (χ1n) is 7.27. The minimum atomic E-state index is -0.154. The number of aromatic nitrogens is 1. The fourth-order valence-corrected chi connectivity index (χ4v) is 2.59. The second kappa shape index (κ2) is 6.95. The normalized spacial score (nSPS) is 13.2. The Bertz CT molecular complexity index is 781. The summed E-state index contributed by atoms with van der Waals surface area (Å²) in [6, 6.07) is 9.51. The van der Waals surface area contributed by atoms with Crippen LogP contribution in [0.2, 0.25) is 0 Å². The SMILES string of the molecule is Cc1cc(NC(=O)c2ccc(N3C=CC=CC3)nc2)ccc1I. The first-order valence-corrected chi connectivity index (χ1v) is 8.35. The summed E-state index contributed by atoms with van der Waals surface area (Å²) in [7, 11) is 0. The number of allylic oxidation sites excluding steroid dienone is 2. The summed E-state index contributed by atoms with van der Waals surface area (Å²) in [5.74, 6) is 0.672. The molecule has 5 heteroatoms. The average Bonchev–Trinajstić information content (AvgIpc) is 2.59. The molecule has 0 spiro atoms. The number of rotatable bonds is 3. The number of nitrogens with one attached hydrogen (secondary N) is 1. The lowest BCUT2D eigenvalue weighted by molar-refractivity contribution is 0.102. The van der Waals surface area contributed by atoms with Gasteiger partial charge in [-0.1, -0.05) is 12.2 Å². The zero-order valence-corrected chi connectivity index (χ0v) is 14.8. The lowest BCUT2D eigenvalue weighted by atomic mass is 10.2. The predicted molar refractivity (Wildman–Crippen MR) is 102 cm³/mol. The zero-order chi connectivity index (χ0) is 16.2. The minimum Gasteiger partial charge on any atom is -0.329 e. The van der Waals surface area contributed by atoms with E-state index >= 15 is 0 Å². The van der Waals surface area contributed by atoms with E-state index in [-0.39, 0.29) is 5.91 Å². The quantitative estimate of drug-likeness (QED) is 0.764. The summed E-state index contributed by atoms with van der Waals surface area (Å²) >= 11 is 2.27. The van der Waals surface area contributed by atoms with Crippen LogP contribution in [0.15, 0.2) is 61.0 Å². The third kappa shape index (κ3) is 3.79. The Labute approximate surface area is 149 Å². The molecule has 1 amide bonds. The molecule has 0 fully saturated rings. The second-order valence-corrected chi connectivity index (χ2v) is 6.41. The number of carbonyl (C=O) groups is 1. The van der Waals surface area contributed by atoms with Crippen LogP contribution in [0, 0.1) is 10.5 Å². The van der Waals surface area contributed by atoms with Gasteiger partial charge in [-0.05, 0) is 71.5 Å². The molecule has 0 aliphatic carbocycles. The molecule has 0 radical (unpaired) electrons. The van der Waals surface area contributed by atoms with Crippen molar-refractivity contribution in [1.82, 2.24) is 4.98 Å². The molecule has 0 bridgehead atoms. The van der Waals surface area contributed by atoms with Gasteiger partial charge in [-0.3, -0.25) is 4.79 Å². The fraction of sp³-hybridized carbons (Fsp3) is 0.111. The van der Waals surface area contributed by atoms with Crippen LogP contribution in [0.3, 0.4) is 0 Å². The molecule has 0 saturated heterocycles. The number of hydrogen-bond acceptors (Lipinski definition) is 3. The van der Waals surface area contributed by atoms with E-state index in [4.69, 9.17) is 0 Å². The fourth-order valence-electron chi connectivity index (χ4n) is 2.25. The molecule has 1 N–H and O–H groups in total. The van der Waals surface area contributed by atoms with E-state index in [1.807, 2.05) is 54.4 Å². The molecule has 1 aliphatic heterocycles. The number of amides is 1. The van der Waals surface area contributed by atoms with E-state index in [0.29, 0.717) is 5.56 Å². The van der Waals surface area contributed by atoms with Gasteiger partial charge >= 0.3 is 0 Å². The van der Waals surface area contributed by atoms with Gasteiger partial charge in [0.25, 0.3) is 5.91 Å². The Balaban J connectivity index is 1.71. The van der Waals surface area contributed by atoms with E-state index in [2.05, 4.69) is 39.0 Å². The number of halogens is 1. The first kappa shape index (κ1) is 15.7. The van der Waals surface area contributed by atoms with E-state index in [9.17, 15) is 4.79 Å². The van der Waals surface area contributed by atoms with Gasteiger partial charge < -0.3 is 10.2 Å². The van der Waals surface area contributed by atoms with Crippen LogP contribution < -0.4 is 10.2 Å². The van der Waals surface area contributed by atoms with Gasteiger partial charge in [0, 0.05) is 28.2 Å². The maximum absolute atomic E-state index is 12.3. The molecule has 1 aromatic heterocycles. The number of hydrogen-bond donors (Lipinski definition) is 1. The van der Waals surface area contributed by atoms with Gasteiger partial charge in [-0.25, -0.2) is 4.98 Å². The highest BCUT2D eigenvalue weighted by molar-refractivity contribution is 14.1. The molecule has 2 aromatic rings. The van der Waals surface area contributed by atoms with Gasteiger partial charge in [-0.2, -0.15) is 0 Å². The summed E-state index contributed by atoms with van der Waals surface area (Å²) < 4.78 is 1.18. The van der Waals surface area contributed by atoms with Crippen molar-refractivity contribution in [3.8, 4) is 0 Å². The highest BCUT2D eigenvalue weighted by Crippen LogP contribution is 2.18. The molecule has 0 saturated carbocycles. The Morgan fingerprint density at radius 2 is 2.13 bits per heavy atom. The molecule has 116 valence electrons. The maximum Gasteiger partial charge on any atom is 0.257 e. The number of aryl methyl sites for hydroxylation is 1. The number of carbonyl (C=O) groups excluding carboxylic acids is 1. The molecule has 0 unspecified atom stereocenters. The van der Waals surface area contributed by atoms with Gasteiger partial charge in [0.15, 0.2) is 0 Å². The van der Waals surface area contributed by atoms with Crippen LogP contribution in [-0.4, -0.2) is 17.4 Å². The van der Waals surface area contributed by atoms with E-state index in [0.717, 1.165) is 23.6 Å². The van der Waals surface area contributed by atoms with Crippen LogP contribution in [0.5, 0.6) is 0 Å². The molecule has 1 aromatic carbocycles. The highest BCUT2D eigenvalue weighted by atomic mass is 127. The smallest absolute Gasteiger partial charge is 0.257 e. The van der Waals surface area contributed by atoms with Crippen molar-refractivity contribution in [2.24, 2.45) is 0 Å². The second-order valence-electron chi connectivity index (χ2n) is 5.25. The van der Waals surface area contributed by atoms with Crippen molar-refractivity contribution in [3.63, 3.8) is 0 Å². The molecule has 4 nitrogen and oxygen atoms in total. The summed E-state index contributed by atoms with van der Waals surface area (Å²) in [6.45, 7) is 2.81. The standard InChI is InChI=1S/C18H16IN3O/c1-13-11-15(6-7-16(13)19)21-18(23)14-5-8-17(20-12-14)22-9-3-2-4-10-22/h2-9,11-12H,10H2,1H3,(H,21,23). The Hall–Kier alpha value is -2.15. The zero-order valence-electron chi connectivity index (χ0n) is 12.7. The van der Waals surface area contributed by atoms with Crippen molar-refractivity contribution in [2.45, 2.75) is 6.92 Å². The Kier molecular flexibility index (Phi) is 4.76. The largest absolute Gasteiger partial charge is 0.329 e. The van der Waals surface area contributed by atoms with Crippen LogP contribution >= 0.6 is 22.6 Å². The van der Waals surface area contributed by atoms with Crippen LogP contribution in [-0.2, 0) is 0 Å². The molecular weight excluding hydrogens is 401 g/mol. The molecular formula is C18H16IN3O. The van der Waals surface area contributed by atoms with Gasteiger partial charge in [0.2, 0.25) is 0 Å². The lowest BCUT2D eigenvalue weighted by Crippen LogP contribution is -2.19. The minimum absolute atomic E-state index is 0.154. The van der Waals surface area contributed by atoms with E-state index in [1.54, 1.807) is 12.3 Å². The number of pyridine rings is 1. The Morgan fingerprint density at radius 3 is 2.78 bits per heavy atom. The molecule has 2 heterocycles. The molecule has 1 aliphatic rings. The molecule has 0 atom stereocenters. The lowest BCUT2D eigenvalue weighted by Gasteiger charge is -2.19. The monoisotopic (exact) mass is 417 g/mol. The maximum atomic E-state index is 12.3. The van der Waals surface area contributed by atoms with E-state index in [1.165, 1.54) is 3.57 Å². The first-order chi connectivity index (χ1) is 11.1. The van der Waals surface area contributed by atoms with Crippen molar-refractivity contribution in [3.05, 3.63) is 75.7 Å². The summed E-state index contributed by atoms with van der Waals surface area (Å²) in [5.41, 5.74) is 2.48. The number of nitrogens with zero attached hydrogens (tertiary/aromatic N) is 2. The Morgan fingerprint density at radius 1 is 1.26 bits per heavy atom. The topological polar surface area (TPSA) is 45.2 Å². The average molecular weight is 417 g/mol. The highest BCUT2D eigenvalue weighted by Gasteiger charge is 2.10. The predicted octanol–water partition coefficient (Wildman–Crippen LogP) is 4.14. The summed E-state index contributed by atoms with van der Waals surface area (Å²) in [6.07, 6.45) is 9.60. The third-order valence-corrected chi connectivity index (χ3v) is 4.75. The van der Waals surface area contributed by atoms with Gasteiger partial charge in [0.1, 0.15) is 5.82 Å². The van der Waals surface area contributed by atoms with Crippen molar-refractivity contribution in [2.75, 3.05) is 16.8 Å². The van der Waals surface area contributed by atoms with Crippen LogP contribution in [0.1, 0.15) is 15.9 Å². The van der Waals surface area contributed by atoms with Crippen LogP contribution in [0.4, 0.5) is 11.5 Å². The molecule has 3 rings (SSSR count).